The fourth-order valence-electron chi connectivity index (χ4n) is 2.00. The number of Topliss-reactive ketones (excluding diaryl/α,β-unsaturated/α-hetero) is 1. The zero-order valence-electron chi connectivity index (χ0n) is 11.2. The first-order chi connectivity index (χ1) is 9.51. The number of ether oxygens (including phenoxy) is 1. The van der Waals surface area contributed by atoms with Crippen LogP contribution >= 0.6 is 15.9 Å². The topological polar surface area (TPSA) is 26.3 Å². The van der Waals surface area contributed by atoms with Crippen molar-refractivity contribution in [1.82, 2.24) is 0 Å². The average Bonchev–Trinajstić information content (AvgIpc) is 2.41. The molecule has 0 radical (unpaired) electrons. The lowest BCUT2D eigenvalue weighted by Crippen LogP contribution is -2.06. The van der Waals surface area contributed by atoms with E-state index in [-0.39, 0.29) is 18.0 Å². The van der Waals surface area contributed by atoms with Crippen molar-refractivity contribution < 1.29 is 13.9 Å². The van der Waals surface area contributed by atoms with Gasteiger partial charge in [-0.05, 0) is 42.3 Å². The quantitative estimate of drug-likeness (QED) is 0.776. The van der Waals surface area contributed by atoms with Crippen molar-refractivity contribution in [3.63, 3.8) is 0 Å². The molecule has 0 atom stereocenters. The third-order valence-corrected chi connectivity index (χ3v) is 3.57. The van der Waals surface area contributed by atoms with E-state index in [0.29, 0.717) is 11.1 Å². The monoisotopic (exact) mass is 336 g/mol. The highest BCUT2D eigenvalue weighted by Crippen LogP contribution is 2.21. The lowest BCUT2D eigenvalue weighted by atomic mass is 9.99. The lowest BCUT2D eigenvalue weighted by molar-refractivity contribution is 0.0992. The molecule has 0 amide bonds. The van der Waals surface area contributed by atoms with E-state index in [1.54, 1.807) is 12.1 Å². The predicted octanol–water partition coefficient (Wildman–Crippen LogP) is 4.33. The summed E-state index contributed by atoms with van der Waals surface area (Å²) in [6.45, 7) is 1.88. The van der Waals surface area contributed by atoms with E-state index < -0.39 is 5.82 Å². The van der Waals surface area contributed by atoms with Gasteiger partial charge in [0.05, 0.1) is 7.11 Å². The van der Waals surface area contributed by atoms with E-state index in [2.05, 4.69) is 15.9 Å². The summed E-state index contributed by atoms with van der Waals surface area (Å²) in [6.07, 6.45) is 0.165. The van der Waals surface area contributed by atoms with E-state index in [0.717, 1.165) is 10.0 Å². The smallest absolute Gasteiger partial charge is 0.167 e. The van der Waals surface area contributed by atoms with Gasteiger partial charge in [-0.2, -0.15) is 0 Å². The summed E-state index contributed by atoms with van der Waals surface area (Å²) in [4.78, 5) is 12.3. The van der Waals surface area contributed by atoms with Crippen molar-refractivity contribution >= 4 is 21.7 Å². The summed E-state index contributed by atoms with van der Waals surface area (Å²) in [7, 11) is 1.41. The van der Waals surface area contributed by atoms with E-state index in [1.165, 1.54) is 19.2 Å². The number of methoxy groups -OCH3 is 1. The molecular formula is C16H14BrFO2. The van der Waals surface area contributed by atoms with Gasteiger partial charge in [0.2, 0.25) is 0 Å². The molecule has 0 fully saturated rings. The Morgan fingerprint density at radius 2 is 2.00 bits per heavy atom. The molecule has 0 saturated heterocycles. The number of rotatable bonds is 4. The van der Waals surface area contributed by atoms with Crippen LogP contribution in [-0.2, 0) is 6.42 Å². The second-order valence-electron chi connectivity index (χ2n) is 4.53. The fraction of sp³-hybridized carbons (Fsp3) is 0.188. The Morgan fingerprint density at radius 3 is 2.65 bits per heavy atom. The van der Waals surface area contributed by atoms with Crippen LogP contribution in [0, 0.1) is 12.7 Å². The molecular weight excluding hydrogens is 323 g/mol. The molecule has 0 spiro atoms. The van der Waals surface area contributed by atoms with Crippen LogP contribution in [0.3, 0.4) is 0 Å². The van der Waals surface area contributed by atoms with E-state index in [9.17, 15) is 9.18 Å². The molecule has 0 N–H and O–H groups in total. The van der Waals surface area contributed by atoms with Crippen molar-refractivity contribution in [3.8, 4) is 5.75 Å². The summed E-state index contributed by atoms with van der Waals surface area (Å²) < 4.78 is 19.3. The Balaban J connectivity index is 2.23. The molecule has 0 heterocycles. The first-order valence-electron chi connectivity index (χ1n) is 6.13. The number of hydrogen-bond acceptors (Lipinski definition) is 2. The van der Waals surface area contributed by atoms with Crippen LogP contribution in [0.25, 0.3) is 0 Å². The molecule has 0 saturated carbocycles. The van der Waals surface area contributed by atoms with E-state index in [1.807, 2.05) is 19.1 Å². The maximum absolute atomic E-state index is 13.6. The third kappa shape index (κ3) is 3.25. The van der Waals surface area contributed by atoms with Crippen molar-refractivity contribution in [2.45, 2.75) is 13.3 Å². The van der Waals surface area contributed by atoms with Gasteiger partial charge in [0.1, 0.15) is 0 Å². The summed E-state index contributed by atoms with van der Waals surface area (Å²) in [5, 5.41) is 0. The van der Waals surface area contributed by atoms with Crippen LogP contribution in [-0.4, -0.2) is 12.9 Å². The SMILES string of the molecule is COc1ccc(CC(=O)c2cc(Br)ccc2C)cc1F. The van der Waals surface area contributed by atoms with Gasteiger partial charge in [-0.25, -0.2) is 4.39 Å². The Labute approximate surface area is 125 Å². The molecule has 2 aromatic rings. The molecule has 104 valence electrons. The minimum Gasteiger partial charge on any atom is -0.494 e. The number of aryl methyl sites for hydroxylation is 1. The summed E-state index contributed by atoms with van der Waals surface area (Å²) in [5.41, 5.74) is 2.19. The maximum atomic E-state index is 13.6. The van der Waals surface area contributed by atoms with E-state index >= 15 is 0 Å². The molecule has 0 aliphatic rings. The Hall–Kier alpha value is -1.68. The summed E-state index contributed by atoms with van der Waals surface area (Å²) in [5.74, 6) is -0.308. The van der Waals surface area contributed by atoms with Gasteiger partial charge in [-0.15, -0.1) is 0 Å². The van der Waals surface area contributed by atoms with Crippen LogP contribution < -0.4 is 4.74 Å². The van der Waals surface area contributed by atoms with Gasteiger partial charge in [-0.1, -0.05) is 28.1 Å². The number of ketones is 1. The van der Waals surface area contributed by atoms with Crippen LogP contribution in [0.4, 0.5) is 4.39 Å². The number of carbonyl (C=O) groups is 1. The first-order valence-corrected chi connectivity index (χ1v) is 6.92. The fourth-order valence-corrected chi connectivity index (χ4v) is 2.36. The van der Waals surface area contributed by atoms with Gasteiger partial charge in [0.15, 0.2) is 17.3 Å². The molecule has 2 rings (SSSR count). The molecule has 2 aromatic carbocycles. The Morgan fingerprint density at radius 1 is 1.25 bits per heavy atom. The van der Waals surface area contributed by atoms with Crippen molar-refractivity contribution in [3.05, 3.63) is 63.4 Å². The largest absolute Gasteiger partial charge is 0.494 e. The van der Waals surface area contributed by atoms with E-state index in [4.69, 9.17) is 4.74 Å². The number of halogens is 2. The predicted molar refractivity (Wildman–Crippen MR) is 79.9 cm³/mol. The average molecular weight is 337 g/mol. The molecule has 4 heteroatoms. The maximum Gasteiger partial charge on any atom is 0.167 e. The van der Waals surface area contributed by atoms with Crippen molar-refractivity contribution in [2.24, 2.45) is 0 Å². The summed E-state index contributed by atoms with van der Waals surface area (Å²) in [6, 6.07) is 10.1. The van der Waals surface area contributed by atoms with Gasteiger partial charge >= 0.3 is 0 Å². The molecule has 0 aromatic heterocycles. The van der Waals surface area contributed by atoms with Crippen LogP contribution in [0.15, 0.2) is 40.9 Å². The third-order valence-electron chi connectivity index (χ3n) is 3.08. The molecule has 0 bridgehead atoms. The number of benzene rings is 2. The van der Waals surface area contributed by atoms with Gasteiger partial charge in [-0.3, -0.25) is 4.79 Å². The van der Waals surface area contributed by atoms with Crippen LogP contribution in [0.2, 0.25) is 0 Å². The molecule has 2 nitrogen and oxygen atoms in total. The number of hydrogen-bond donors (Lipinski definition) is 0. The highest BCUT2D eigenvalue weighted by Gasteiger charge is 2.12. The highest BCUT2D eigenvalue weighted by atomic mass is 79.9. The second kappa shape index (κ2) is 6.18. The minimum absolute atomic E-state index is 0.0339. The van der Waals surface area contributed by atoms with Gasteiger partial charge in [0.25, 0.3) is 0 Å². The molecule has 20 heavy (non-hydrogen) atoms. The normalized spacial score (nSPS) is 10.4. The zero-order valence-corrected chi connectivity index (χ0v) is 12.8. The lowest BCUT2D eigenvalue weighted by Gasteiger charge is -2.07. The molecule has 0 aliphatic heterocycles. The van der Waals surface area contributed by atoms with Crippen LogP contribution in [0.5, 0.6) is 5.75 Å². The second-order valence-corrected chi connectivity index (χ2v) is 5.44. The molecule has 0 unspecified atom stereocenters. The molecule has 0 aliphatic carbocycles. The van der Waals surface area contributed by atoms with Gasteiger partial charge in [0, 0.05) is 16.5 Å². The van der Waals surface area contributed by atoms with Gasteiger partial charge < -0.3 is 4.74 Å². The first kappa shape index (κ1) is 14.7. The minimum atomic E-state index is -0.455. The van der Waals surface area contributed by atoms with Crippen LogP contribution in [0.1, 0.15) is 21.5 Å². The standard InChI is InChI=1S/C16H14BrFO2/c1-10-3-5-12(17)9-13(10)15(19)8-11-4-6-16(20-2)14(18)7-11/h3-7,9H,8H2,1-2H3. The Bertz CT molecular complexity index is 653. The van der Waals surface area contributed by atoms with Crippen molar-refractivity contribution in [1.29, 1.82) is 0 Å². The number of carbonyl (C=O) groups excluding carboxylic acids is 1. The Kier molecular flexibility index (Phi) is 4.55. The zero-order chi connectivity index (χ0) is 14.7. The summed E-state index contributed by atoms with van der Waals surface area (Å²) >= 11 is 3.35. The van der Waals surface area contributed by atoms with Crippen molar-refractivity contribution in [2.75, 3.05) is 7.11 Å². The highest BCUT2D eigenvalue weighted by molar-refractivity contribution is 9.10.